The van der Waals surface area contributed by atoms with Crippen molar-refractivity contribution in [1.29, 1.82) is 0 Å². The molecule has 0 aliphatic rings. The van der Waals surface area contributed by atoms with E-state index in [0.29, 0.717) is 5.69 Å². The molecule has 1 aromatic carbocycles. The first-order valence-corrected chi connectivity index (χ1v) is 4.21. The van der Waals surface area contributed by atoms with E-state index in [0.717, 1.165) is 13.0 Å². The molecule has 0 unspecified atom stereocenters. The van der Waals surface area contributed by atoms with Crippen molar-refractivity contribution in [2.75, 3.05) is 25.6 Å². The van der Waals surface area contributed by atoms with E-state index in [9.17, 15) is 9.59 Å². The van der Waals surface area contributed by atoms with Gasteiger partial charge in [-0.15, -0.1) is 0 Å². The highest BCUT2D eigenvalue weighted by Gasteiger charge is 2.24. The lowest BCUT2D eigenvalue weighted by Gasteiger charge is -2.21. The first-order valence-electron chi connectivity index (χ1n) is 4.21. The van der Waals surface area contributed by atoms with Gasteiger partial charge in [0.2, 0.25) is 0 Å². The van der Waals surface area contributed by atoms with Gasteiger partial charge in [-0.05, 0) is 6.42 Å². The zero-order chi connectivity index (χ0) is 10.0. The van der Waals surface area contributed by atoms with Gasteiger partial charge in [-0.3, -0.25) is 9.59 Å². The number of ether oxygens (including phenoxy) is 1. The zero-order valence-corrected chi connectivity index (χ0v) is 8.09. The number of rotatable bonds is 4. The Morgan fingerprint density at radius 1 is 1.31 bits per heavy atom. The molecule has 0 N–H and O–H groups in total. The average molecular weight is 183 g/mol. The van der Waals surface area contributed by atoms with Gasteiger partial charge >= 0.3 is 0 Å². The summed E-state index contributed by atoms with van der Waals surface area (Å²) in [5.74, 6) is 0.195. The van der Waals surface area contributed by atoms with Crippen LogP contribution in [0.4, 0.5) is 5.69 Å². The Hall–Kier alpha value is -1.32. The lowest BCUT2D eigenvalue weighted by atomic mass is 10.2. The minimum Gasteiger partial charge on any atom is -0.491 e. The maximum Gasteiger partial charge on any atom is 0.272 e. The van der Waals surface area contributed by atoms with Crippen molar-refractivity contribution in [2.45, 2.75) is 13.3 Å². The van der Waals surface area contributed by atoms with Gasteiger partial charge in [0.25, 0.3) is 10.9 Å². The van der Waals surface area contributed by atoms with Crippen LogP contribution in [0.5, 0.6) is 5.75 Å². The molecule has 0 spiro atoms. The van der Waals surface area contributed by atoms with Crippen molar-refractivity contribution in [2.24, 2.45) is 0 Å². The third kappa shape index (κ3) is 1.43. The first kappa shape index (κ1) is 9.77. The second-order valence-electron chi connectivity index (χ2n) is 2.96. The summed E-state index contributed by atoms with van der Waals surface area (Å²) >= 11 is 0. The second-order valence-corrected chi connectivity index (χ2v) is 2.96. The first-order chi connectivity index (χ1) is 6.13. The third-order valence-electron chi connectivity index (χ3n) is 1.99. The highest BCUT2D eigenvalue weighted by molar-refractivity contribution is 5.63. The molecule has 0 heterocycles. The number of anilines is 1. The summed E-state index contributed by atoms with van der Waals surface area (Å²) in [5.41, 5.74) is -0.539. The molecule has 1 aromatic rings. The average Bonchev–Trinajstić information content (AvgIpc) is 2.12. The summed E-state index contributed by atoms with van der Waals surface area (Å²) in [6.07, 6.45) is 0.929. The van der Waals surface area contributed by atoms with Crippen LogP contribution in [0.1, 0.15) is 13.3 Å². The molecule has 0 atom stereocenters. The maximum atomic E-state index is 11.1. The monoisotopic (exact) mass is 183 g/mol. The molecule has 0 radical (unpaired) electrons. The van der Waals surface area contributed by atoms with Crippen molar-refractivity contribution in [1.82, 2.24) is 0 Å². The number of nitrogens with zero attached hydrogens (tertiary/aromatic N) is 1. The molecule has 0 saturated carbocycles. The smallest absolute Gasteiger partial charge is 0.272 e. The second kappa shape index (κ2) is 3.60. The van der Waals surface area contributed by atoms with Crippen molar-refractivity contribution in [3.63, 3.8) is 0 Å². The van der Waals surface area contributed by atoms with E-state index in [1.54, 1.807) is 11.9 Å². The van der Waals surface area contributed by atoms with Crippen molar-refractivity contribution < 1.29 is 4.74 Å². The van der Waals surface area contributed by atoms with E-state index >= 15 is 0 Å². The molecule has 4 heteroatoms. The standard InChI is InChI=1S/C9H13NO3/c1-4-5-10(2)6-7(11)8(12)9(6)13-3/h4-5H2,1-3H3. The summed E-state index contributed by atoms with van der Waals surface area (Å²) in [6, 6.07) is 0. The van der Waals surface area contributed by atoms with Gasteiger partial charge < -0.3 is 9.64 Å². The fraction of sp³-hybridized carbons (Fsp3) is 0.556. The maximum absolute atomic E-state index is 11.1. The third-order valence-corrected chi connectivity index (χ3v) is 1.99. The fourth-order valence-electron chi connectivity index (χ4n) is 1.34. The Kier molecular flexibility index (Phi) is 2.70. The summed E-state index contributed by atoms with van der Waals surface area (Å²) in [6.45, 7) is 2.76. The van der Waals surface area contributed by atoms with Crippen LogP contribution < -0.4 is 20.5 Å². The molecule has 0 aromatic heterocycles. The molecule has 13 heavy (non-hydrogen) atoms. The van der Waals surface area contributed by atoms with Crippen molar-refractivity contribution in [3.8, 4) is 5.75 Å². The Balaban J connectivity index is 2.95. The van der Waals surface area contributed by atoms with Gasteiger partial charge in [-0.2, -0.15) is 0 Å². The van der Waals surface area contributed by atoms with Crippen LogP contribution >= 0.6 is 0 Å². The van der Waals surface area contributed by atoms with E-state index in [1.807, 2.05) is 6.92 Å². The normalized spacial score (nSPS) is 10.4. The molecule has 0 amide bonds. The van der Waals surface area contributed by atoms with Gasteiger partial charge in [0, 0.05) is 13.6 Å². The Morgan fingerprint density at radius 3 is 2.38 bits per heavy atom. The van der Waals surface area contributed by atoms with Crippen LogP contribution in [-0.2, 0) is 0 Å². The lowest BCUT2D eigenvalue weighted by Crippen LogP contribution is -2.39. The van der Waals surface area contributed by atoms with Crippen LogP contribution in [0, 0.1) is 0 Å². The zero-order valence-electron chi connectivity index (χ0n) is 8.09. The van der Waals surface area contributed by atoms with E-state index in [-0.39, 0.29) is 5.75 Å². The number of hydrogen-bond donors (Lipinski definition) is 0. The van der Waals surface area contributed by atoms with E-state index < -0.39 is 10.9 Å². The topological polar surface area (TPSA) is 46.6 Å². The molecule has 0 saturated heterocycles. The summed E-state index contributed by atoms with van der Waals surface area (Å²) in [7, 11) is 3.18. The van der Waals surface area contributed by atoms with Crippen LogP contribution in [0.2, 0.25) is 0 Å². The minimum absolute atomic E-state index is 0.195. The van der Waals surface area contributed by atoms with Crippen LogP contribution in [0.3, 0.4) is 0 Å². The van der Waals surface area contributed by atoms with E-state index in [1.165, 1.54) is 7.11 Å². The van der Waals surface area contributed by atoms with Gasteiger partial charge in [-0.25, -0.2) is 0 Å². The number of methoxy groups -OCH3 is 1. The summed E-state index contributed by atoms with van der Waals surface area (Å²) < 4.78 is 4.82. The van der Waals surface area contributed by atoms with Gasteiger partial charge in [0.1, 0.15) is 5.69 Å². The molecule has 72 valence electrons. The van der Waals surface area contributed by atoms with Crippen molar-refractivity contribution >= 4 is 5.69 Å². The Labute approximate surface area is 76.4 Å². The predicted molar refractivity (Wildman–Crippen MR) is 51.5 cm³/mol. The molecule has 4 nitrogen and oxygen atoms in total. The predicted octanol–water partition coefficient (Wildman–Crippen LogP) is 0.137. The highest BCUT2D eigenvalue weighted by atomic mass is 16.5. The number of hydrogen-bond acceptors (Lipinski definition) is 4. The molecule has 0 aliphatic carbocycles. The Morgan fingerprint density at radius 2 is 1.92 bits per heavy atom. The molecule has 0 fully saturated rings. The van der Waals surface area contributed by atoms with Gasteiger partial charge in [0.05, 0.1) is 7.11 Å². The SMILES string of the molecule is CCCN(C)c1c(OC)c(=O)c1=O. The van der Waals surface area contributed by atoms with Crippen LogP contribution in [0.15, 0.2) is 9.59 Å². The van der Waals surface area contributed by atoms with E-state index in [2.05, 4.69) is 0 Å². The quantitative estimate of drug-likeness (QED) is 0.623. The Bertz CT molecular complexity index is 363. The fourth-order valence-corrected chi connectivity index (χ4v) is 1.34. The van der Waals surface area contributed by atoms with Gasteiger partial charge in [0.15, 0.2) is 5.75 Å². The molecular formula is C9H13NO3. The molecule has 1 rings (SSSR count). The largest absolute Gasteiger partial charge is 0.491 e. The van der Waals surface area contributed by atoms with E-state index in [4.69, 9.17) is 4.74 Å². The van der Waals surface area contributed by atoms with Crippen LogP contribution in [-0.4, -0.2) is 20.7 Å². The van der Waals surface area contributed by atoms with Crippen LogP contribution in [0.25, 0.3) is 0 Å². The lowest BCUT2D eigenvalue weighted by molar-refractivity contribution is 0.405. The minimum atomic E-state index is -0.513. The summed E-state index contributed by atoms with van der Waals surface area (Å²) in [4.78, 5) is 23.8. The summed E-state index contributed by atoms with van der Waals surface area (Å²) in [5, 5.41) is 0. The van der Waals surface area contributed by atoms with Gasteiger partial charge in [-0.1, -0.05) is 6.92 Å². The molecule has 0 aliphatic heterocycles. The molecular weight excluding hydrogens is 170 g/mol. The molecule has 0 bridgehead atoms. The van der Waals surface area contributed by atoms with Crippen molar-refractivity contribution in [3.05, 3.63) is 20.4 Å². The highest BCUT2D eigenvalue weighted by Crippen LogP contribution is 2.20.